The zero-order valence-electron chi connectivity index (χ0n) is 11.8. The normalized spacial score (nSPS) is 10.6. The summed E-state index contributed by atoms with van der Waals surface area (Å²) < 4.78 is 14.4. The lowest BCUT2D eigenvalue weighted by Gasteiger charge is -2.05. The average Bonchev–Trinajstić information content (AvgIpc) is 2.90. The van der Waals surface area contributed by atoms with E-state index in [1.165, 1.54) is 23.7 Å². The van der Waals surface area contributed by atoms with Crippen LogP contribution in [0.3, 0.4) is 0 Å². The Morgan fingerprint density at radius 1 is 1.18 bits per heavy atom. The summed E-state index contributed by atoms with van der Waals surface area (Å²) in [6.07, 6.45) is 0. The van der Waals surface area contributed by atoms with Crippen molar-refractivity contribution in [3.63, 3.8) is 0 Å². The Balaban J connectivity index is 2.05. The van der Waals surface area contributed by atoms with Crippen LogP contribution in [-0.4, -0.2) is 20.8 Å². The molecule has 6 heteroatoms. The molecule has 0 aliphatic carbocycles. The van der Waals surface area contributed by atoms with Crippen molar-refractivity contribution in [2.24, 2.45) is 0 Å². The largest absolute Gasteiger partial charge is 0.382 e. The van der Waals surface area contributed by atoms with Crippen molar-refractivity contribution in [2.75, 3.05) is 5.73 Å². The molecule has 0 saturated carbocycles. The minimum atomic E-state index is -0.330. The van der Waals surface area contributed by atoms with Crippen LogP contribution < -0.4 is 5.73 Å². The summed E-state index contributed by atoms with van der Waals surface area (Å²) >= 11 is 0. The zero-order valence-corrected chi connectivity index (χ0v) is 11.8. The molecule has 1 heterocycles. The lowest BCUT2D eigenvalue weighted by molar-refractivity contribution is 0.101. The smallest absolute Gasteiger partial charge is 0.159 e. The van der Waals surface area contributed by atoms with Gasteiger partial charge >= 0.3 is 0 Å². The number of nitrogens with zero attached hydrogens (tertiary/aromatic N) is 3. The van der Waals surface area contributed by atoms with Crippen LogP contribution in [0.15, 0.2) is 48.5 Å². The van der Waals surface area contributed by atoms with Crippen molar-refractivity contribution < 1.29 is 9.18 Å². The number of rotatable bonds is 3. The molecular formula is C16H13FN4O. The second-order valence-electron chi connectivity index (χ2n) is 4.85. The molecule has 3 rings (SSSR count). The van der Waals surface area contributed by atoms with E-state index in [1.54, 1.807) is 36.4 Å². The van der Waals surface area contributed by atoms with Gasteiger partial charge in [-0.3, -0.25) is 4.79 Å². The van der Waals surface area contributed by atoms with E-state index in [9.17, 15) is 9.18 Å². The van der Waals surface area contributed by atoms with Gasteiger partial charge in [0.05, 0.1) is 5.69 Å². The number of aromatic nitrogens is 3. The highest BCUT2D eigenvalue weighted by atomic mass is 19.1. The summed E-state index contributed by atoms with van der Waals surface area (Å²) in [5.74, 6) is -0.0459. The van der Waals surface area contributed by atoms with Gasteiger partial charge in [0, 0.05) is 11.1 Å². The van der Waals surface area contributed by atoms with Gasteiger partial charge in [0.1, 0.15) is 11.5 Å². The lowest BCUT2D eigenvalue weighted by atomic mass is 10.1. The standard InChI is InChI=1S/C16H13FN4O/c1-10(22)12-3-2-4-14(9-12)21-16(18)15(19-20-21)11-5-7-13(17)8-6-11/h2-9H,18H2,1H3. The number of halogens is 1. The van der Waals surface area contributed by atoms with Crippen molar-refractivity contribution in [2.45, 2.75) is 6.92 Å². The molecule has 0 saturated heterocycles. The van der Waals surface area contributed by atoms with Crippen LogP contribution in [0.1, 0.15) is 17.3 Å². The third-order valence-corrected chi connectivity index (χ3v) is 3.32. The van der Waals surface area contributed by atoms with E-state index in [2.05, 4.69) is 10.3 Å². The summed E-state index contributed by atoms with van der Waals surface area (Å²) in [5.41, 5.74) is 8.44. The second kappa shape index (κ2) is 5.40. The van der Waals surface area contributed by atoms with Crippen LogP contribution in [0.25, 0.3) is 16.9 Å². The van der Waals surface area contributed by atoms with E-state index < -0.39 is 0 Å². The molecule has 0 unspecified atom stereocenters. The first kappa shape index (κ1) is 13.9. The number of hydrogen-bond donors (Lipinski definition) is 1. The SMILES string of the molecule is CC(=O)c1cccc(-n2nnc(-c3ccc(F)cc3)c2N)c1. The third kappa shape index (κ3) is 2.46. The monoisotopic (exact) mass is 296 g/mol. The number of ketones is 1. The zero-order chi connectivity index (χ0) is 15.7. The first-order chi connectivity index (χ1) is 10.6. The van der Waals surface area contributed by atoms with E-state index in [0.717, 1.165) is 0 Å². The van der Waals surface area contributed by atoms with Gasteiger partial charge in [-0.1, -0.05) is 17.3 Å². The number of benzene rings is 2. The van der Waals surface area contributed by atoms with E-state index in [0.29, 0.717) is 28.3 Å². The van der Waals surface area contributed by atoms with Gasteiger partial charge in [0.15, 0.2) is 11.6 Å². The Morgan fingerprint density at radius 2 is 1.91 bits per heavy atom. The summed E-state index contributed by atoms with van der Waals surface area (Å²) in [7, 11) is 0. The molecule has 3 aromatic rings. The highest BCUT2D eigenvalue weighted by Crippen LogP contribution is 2.25. The summed E-state index contributed by atoms with van der Waals surface area (Å²) in [6, 6.07) is 12.8. The Bertz CT molecular complexity index is 840. The molecule has 5 nitrogen and oxygen atoms in total. The van der Waals surface area contributed by atoms with Crippen molar-refractivity contribution in [3.05, 3.63) is 59.9 Å². The number of anilines is 1. The van der Waals surface area contributed by atoms with E-state index in [4.69, 9.17) is 5.73 Å². The minimum Gasteiger partial charge on any atom is -0.382 e. The minimum absolute atomic E-state index is 0.0423. The molecule has 0 aliphatic rings. The average molecular weight is 296 g/mol. The Labute approximate surface area is 126 Å². The lowest BCUT2D eigenvalue weighted by Crippen LogP contribution is -2.04. The summed E-state index contributed by atoms with van der Waals surface area (Å²) in [5, 5.41) is 8.07. The maximum atomic E-state index is 13.0. The van der Waals surface area contributed by atoms with Crippen LogP contribution in [0, 0.1) is 5.82 Å². The fraction of sp³-hybridized carbons (Fsp3) is 0.0625. The van der Waals surface area contributed by atoms with Gasteiger partial charge in [-0.15, -0.1) is 5.10 Å². The van der Waals surface area contributed by atoms with Crippen molar-refractivity contribution in [3.8, 4) is 16.9 Å². The van der Waals surface area contributed by atoms with E-state index >= 15 is 0 Å². The molecule has 2 aromatic carbocycles. The predicted octanol–water partition coefficient (Wildman–Crippen LogP) is 2.86. The molecule has 1 aromatic heterocycles. The molecule has 0 atom stereocenters. The number of hydrogen-bond acceptors (Lipinski definition) is 4. The highest BCUT2D eigenvalue weighted by Gasteiger charge is 2.13. The molecule has 0 bridgehead atoms. The van der Waals surface area contributed by atoms with Gasteiger partial charge in [0.25, 0.3) is 0 Å². The number of carbonyl (C=O) groups excluding carboxylic acids is 1. The topological polar surface area (TPSA) is 73.8 Å². The second-order valence-corrected chi connectivity index (χ2v) is 4.85. The Morgan fingerprint density at radius 3 is 2.59 bits per heavy atom. The molecule has 22 heavy (non-hydrogen) atoms. The van der Waals surface area contributed by atoms with Gasteiger partial charge < -0.3 is 5.73 Å². The fourth-order valence-electron chi connectivity index (χ4n) is 2.15. The van der Waals surface area contributed by atoms with Crippen molar-refractivity contribution >= 4 is 11.6 Å². The first-order valence-corrected chi connectivity index (χ1v) is 6.65. The van der Waals surface area contributed by atoms with Gasteiger partial charge in [0.2, 0.25) is 0 Å². The predicted molar refractivity (Wildman–Crippen MR) is 81.2 cm³/mol. The maximum Gasteiger partial charge on any atom is 0.159 e. The molecule has 0 amide bonds. The van der Waals surface area contributed by atoms with Crippen LogP contribution in [-0.2, 0) is 0 Å². The van der Waals surface area contributed by atoms with Gasteiger partial charge in [-0.25, -0.2) is 4.39 Å². The van der Waals surface area contributed by atoms with Gasteiger partial charge in [-0.2, -0.15) is 4.68 Å². The molecule has 2 N–H and O–H groups in total. The van der Waals surface area contributed by atoms with Crippen LogP contribution in [0.5, 0.6) is 0 Å². The molecule has 0 spiro atoms. The van der Waals surface area contributed by atoms with E-state index in [-0.39, 0.29) is 11.6 Å². The van der Waals surface area contributed by atoms with Gasteiger partial charge in [-0.05, 0) is 43.3 Å². The number of nitrogen functional groups attached to an aromatic ring is 1. The number of carbonyl (C=O) groups is 1. The van der Waals surface area contributed by atoms with E-state index in [1.807, 2.05) is 0 Å². The maximum absolute atomic E-state index is 13.0. The molecule has 0 radical (unpaired) electrons. The number of nitrogens with two attached hydrogens (primary N) is 1. The molecule has 110 valence electrons. The van der Waals surface area contributed by atoms with Crippen LogP contribution in [0.4, 0.5) is 10.2 Å². The van der Waals surface area contributed by atoms with Crippen molar-refractivity contribution in [1.82, 2.24) is 15.0 Å². The van der Waals surface area contributed by atoms with Crippen LogP contribution >= 0.6 is 0 Å². The molecule has 0 fully saturated rings. The number of Topliss-reactive ketones (excluding diaryl/α,β-unsaturated/α-hetero) is 1. The molecule has 0 aliphatic heterocycles. The fourth-order valence-corrected chi connectivity index (χ4v) is 2.15. The Kier molecular flexibility index (Phi) is 3.42. The van der Waals surface area contributed by atoms with Crippen LogP contribution in [0.2, 0.25) is 0 Å². The third-order valence-electron chi connectivity index (χ3n) is 3.32. The summed E-state index contributed by atoms with van der Waals surface area (Å²) in [6.45, 7) is 1.49. The quantitative estimate of drug-likeness (QED) is 0.754. The van der Waals surface area contributed by atoms with Crippen molar-refractivity contribution in [1.29, 1.82) is 0 Å². The molecular weight excluding hydrogens is 283 g/mol. The summed E-state index contributed by atoms with van der Waals surface area (Å²) in [4.78, 5) is 11.5. The first-order valence-electron chi connectivity index (χ1n) is 6.65. The Hall–Kier alpha value is -3.02. The highest BCUT2D eigenvalue weighted by molar-refractivity contribution is 5.94.